The standard InChI is InChI=1S/C13H11BrN4S/c1-18-7-9(5-17-18)19-13-10-4-8(14)2-3-12(10)16-6-11(13)15/h2-7H,15H2,1H3. The minimum atomic E-state index is 0.680. The first-order chi connectivity index (χ1) is 9.13. The average molecular weight is 335 g/mol. The molecule has 96 valence electrons. The molecule has 0 fully saturated rings. The number of pyridine rings is 1. The first-order valence-corrected chi connectivity index (χ1v) is 7.24. The van der Waals surface area contributed by atoms with E-state index in [0.29, 0.717) is 5.69 Å². The van der Waals surface area contributed by atoms with Crippen LogP contribution >= 0.6 is 27.7 Å². The van der Waals surface area contributed by atoms with Crippen molar-refractivity contribution in [2.24, 2.45) is 7.05 Å². The molecule has 0 amide bonds. The molecule has 4 nitrogen and oxygen atoms in total. The van der Waals surface area contributed by atoms with Crippen LogP contribution in [-0.2, 0) is 7.05 Å². The van der Waals surface area contributed by atoms with Crippen LogP contribution in [-0.4, -0.2) is 14.8 Å². The van der Waals surface area contributed by atoms with Crippen molar-refractivity contribution in [3.05, 3.63) is 41.3 Å². The van der Waals surface area contributed by atoms with Crippen LogP contribution in [0.5, 0.6) is 0 Å². The minimum absolute atomic E-state index is 0.680. The zero-order chi connectivity index (χ0) is 13.4. The number of aromatic nitrogens is 3. The second-order valence-electron chi connectivity index (χ2n) is 4.16. The number of anilines is 1. The number of hydrogen-bond donors (Lipinski definition) is 1. The van der Waals surface area contributed by atoms with Crippen LogP contribution in [0.15, 0.2) is 51.1 Å². The second-order valence-corrected chi connectivity index (χ2v) is 6.16. The first-order valence-electron chi connectivity index (χ1n) is 5.64. The molecule has 0 bridgehead atoms. The maximum absolute atomic E-state index is 6.07. The molecule has 0 radical (unpaired) electrons. The highest BCUT2D eigenvalue weighted by molar-refractivity contribution is 9.10. The van der Waals surface area contributed by atoms with Crippen LogP contribution in [0.1, 0.15) is 0 Å². The molecule has 2 N–H and O–H groups in total. The van der Waals surface area contributed by atoms with Gasteiger partial charge in [0.05, 0.1) is 28.5 Å². The number of aryl methyl sites for hydroxylation is 1. The zero-order valence-corrected chi connectivity index (χ0v) is 12.6. The third kappa shape index (κ3) is 2.46. The van der Waals surface area contributed by atoms with Crippen LogP contribution in [0.4, 0.5) is 5.69 Å². The highest BCUT2D eigenvalue weighted by atomic mass is 79.9. The normalized spacial score (nSPS) is 11.1. The van der Waals surface area contributed by atoms with E-state index in [4.69, 9.17) is 5.73 Å². The monoisotopic (exact) mass is 334 g/mol. The number of nitrogens with zero attached hydrogens (tertiary/aromatic N) is 3. The van der Waals surface area contributed by atoms with E-state index in [1.54, 1.807) is 22.6 Å². The van der Waals surface area contributed by atoms with Gasteiger partial charge < -0.3 is 5.73 Å². The predicted molar refractivity (Wildman–Crippen MR) is 81.2 cm³/mol. The van der Waals surface area contributed by atoms with Gasteiger partial charge in [0.2, 0.25) is 0 Å². The number of fused-ring (bicyclic) bond motifs is 1. The largest absolute Gasteiger partial charge is 0.397 e. The number of rotatable bonds is 2. The van der Waals surface area contributed by atoms with Crippen molar-refractivity contribution >= 4 is 44.3 Å². The van der Waals surface area contributed by atoms with Gasteiger partial charge in [0, 0.05) is 28.0 Å². The van der Waals surface area contributed by atoms with Gasteiger partial charge in [-0.2, -0.15) is 5.10 Å². The number of hydrogen-bond acceptors (Lipinski definition) is 4. The maximum atomic E-state index is 6.07. The topological polar surface area (TPSA) is 56.7 Å². The second kappa shape index (κ2) is 4.86. The minimum Gasteiger partial charge on any atom is -0.397 e. The molecule has 1 aromatic carbocycles. The molecule has 0 atom stereocenters. The van der Waals surface area contributed by atoms with Crippen molar-refractivity contribution < 1.29 is 0 Å². The Labute approximate surface area is 123 Å². The molecule has 0 aliphatic rings. The molecule has 3 aromatic rings. The summed E-state index contributed by atoms with van der Waals surface area (Å²) in [6.07, 6.45) is 5.50. The Kier molecular flexibility index (Phi) is 3.20. The Morgan fingerprint density at radius 1 is 1.32 bits per heavy atom. The summed E-state index contributed by atoms with van der Waals surface area (Å²) in [6.45, 7) is 0. The summed E-state index contributed by atoms with van der Waals surface area (Å²) in [5.74, 6) is 0. The molecular formula is C13H11BrN4S. The Bertz CT molecular complexity index is 748. The van der Waals surface area contributed by atoms with Crippen LogP contribution < -0.4 is 5.73 Å². The predicted octanol–water partition coefficient (Wildman–Crippen LogP) is 3.46. The third-order valence-corrected chi connectivity index (χ3v) is 4.31. The lowest BCUT2D eigenvalue weighted by atomic mass is 10.2. The fourth-order valence-corrected chi connectivity index (χ4v) is 3.19. The van der Waals surface area contributed by atoms with E-state index in [-0.39, 0.29) is 0 Å². The van der Waals surface area contributed by atoms with Gasteiger partial charge in [0.25, 0.3) is 0 Å². The summed E-state index contributed by atoms with van der Waals surface area (Å²) in [6, 6.07) is 5.99. The molecule has 0 unspecified atom stereocenters. The lowest BCUT2D eigenvalue weighted by Crippen LogP contribution is -1.92. The van der Waals surface area contributed by atoms with Gasteiger partial charge in [-0.05, 0) is 18.2 Å². The van der Waals surface area contributed by atoms with E-state index in [9.17, 15) is 0 Å². The average Bonchev–Trinajstić information content (AvgIpc) is 2.79. The maximum Gasteiger partial charge on any atom is 0.0715 e. The van der Waals surface area contributed by atoms with Gasteiger partial charge >= 0.3 is 0 Å². The Hall–Kier alpha value is -1.53. The van der Waals surface area contributed by atoms with Gasteiger partial charge in [-0.15, -0.1) is 0 Å². The van der Waals surface area contributed by atoms with Crippen molar-refractivity contribution in [2.45, 2.75) is 9.79 Å². The number of benzene rings is 1. The molecule has 0 spiro atoms. The molecule has 2 heterocycles. The zero-order valence-electron chi connectivity index (χ0n) is 10.2. The third-order valence-electron chi connectivity index (χ3n) is 2.71. The molecule has 19 heavy (non-hydrogen) atoms. The van der Waals surface area contributed by atoms with Crippen LogP contribution in [0.3, 0.4) is 0 Å². The molecule has 3 rings (SSSR count). The van der Waals surface area contributed by atoms with Gasteiger partial charge in [-0.3, -0.25) is 9.67 Å². The molecule has 0 saturated carbocycles. The molecule has 2 aromatic heterocycles. The molecule has 0 aliphatic carbocycles. The van der Waals surface area contributed by atoms with E-state index in [0.717, 1.165) is 25.2 Å². The lowest BCUT2D eigenvalue weighted by molar-refractivity contribution is 0.766. The molecule has 0 saturated heterocycles. The number of halogens is 1. The fourth-order valence-electron chi connectivity index (χ4n) is 1.84. The van der Waals surface area contributed by atoms with E-state index < -0.39 is 0 Å². The van der Waals surface area contributed by atoms with E-state index in [1.165, 1.54) is 0 Å². The van der Waals surface area contributed by atoms with Crippen molar-refractivity contribution in [3.8, 4) is 0 Å². The Morgan fingerprint density at radius 3 is 2.89 bits per heavy atom. The van der Waals surface area contributed by atoms with Crippen molar-refractivity contribution in [2.75, 3.05) is 5.73 Å². The summed E-state index contributed by atoms with van der Waals surface area (Å²) in [5.41, 5.74) is 7.68. The summed E-state index contributed by atoms with van der Waals surface area (Å²) in [7, 11) is 1.90. The van der Waals surface area contributed by atoms with Crippen molar-refractivity contribution in [3.63, 3.8) is 0 Å². The quantitative estimate of drug-likeness (QED) is 0.779. The van der Waals surface area contributed by atoms with Crippen LogP contribution in [0.2, 0.25) is 0 Å². The van der Waals surface area contributed by atoms with E-state index >= 15 is 0 Å². The van der Waals surface area contributed by atoms with Crippen LogP contribution in [0, 0.1) is 0 Å². The highest BCUT2D eigenvalue weighted by Gasteiger charge is 2.10. The Balaban J connectivity index is 2.15. The highest BCUT2D eigenvalue weighted by Crippen LogP contribution is 2.37. The Morgan fingerprint density at radius 2 is 2.16 bits per heavy atom. The number of nitrogen functional groups attached to an aromatic ring is 1. The van der Waals surface area contributed by atoms with Crippen LogP contribution in [0.25, 0.3) is 10.9 Å². The smallest absolute Gasteiger partial charge is 0.0715 e. The summed E-state index contributed by atoms with van der Waals surface area (Å²) in [4.78, 5) is 6.42. The lowest BCUT2D eigenvalue weighted by Gasteiger charge is -2.08. The first kappa shape index (κ1) is 12.5. The van der Waals surface area contributed by atoms with Gasteiger partial charge in [0.1, 0.15) is 0 Å². The summed E-state index contributed by atoms with van der Waals surface area (Å²) in [5, 5.41) is 5.21. The van der Waals surface area contributed by atoms with Gasteiger partial charge in [0.15, 0.2) is 0 Å². The van der Waals surface area contributed by atoms with E-state index in [2.05, 4.69) is 26.0 Å². The van der Waals surface area contributed by atoms with E-state index in [1.807, 2.05) is 37.6 Å². The number of nitrogens with two attached hydrogens (primary N) is 1. The molecule has 0 aliphatic heterocycles. The summed E-state index contributed by atoms with van der Waals surface area (Å²) >= 11 is 5.09. The summed E-state index contributed by atoms with van der Waals surface area (Å²) < 4.78 is 2.79. The SMILES string of the molecule is Cn1cc(Sc2c(N)cnc3ccc(Br)cc23)cn1. The molecular weight excluding hydrogens is 324 g/mol. The van der Waals surface area contributed by atoms with Crippen molar-refractivity contribution in [1.29, 1.82) is 0 Å². The molecule has 6 heteroatoms. The fraction of sp³-hybridized carbons (Fsp3) is 0.0769. The van der Waals surface area contributed by atoms with Crippen molar-refractivity contribution in [1.82, 2.24) is 14.8 Å². The van der Waals surface area contributed by atoms with Gasteiger partial charge in [-0.25, -0.2) is 0 Å². The van der Waals surface area contributed by atoms with Gasteiger partial charge in [-0.1, -0.05) is 27.7 Å².